The van der Waals surface area contributed by atoms with Crippen molar-refractivity contribution < 1.29 is 9.18 Å². The number of carbonyl (C=O) groups excluding carboxylic acids is 1. The Hall–Kier alpha value is -2.01. The van der Waals surface area contributed by atoms with E-state index in [4.69, 9.17) is 11.6 Å². The smallest absolute Gasteiger partial charge is 0.257 e. The fourth-order valence-corrected chi connectivity index (χ4v) is 2.14. The predicted octanol–water partition coefficient (Wildman–Crippen LogP) is 3.24. The van der Waals surface area contributed by atoms with Gasteiger partial charge in [0.1, 0.15) is 11.0 Å². The topological polar surface area (TPSA) is 46.1 Å². The van der Waals surface area contributed by atoms with Gasteiger partial charge in [-0.05, 0) is 32.0 Å². The summed E-state index contributed by atoms with van der Waals surface area (Å²) in [5, 5.41) is -0.00273. The van der Waals surface area contributed by atoms with Crippen LogP contribution in [-0.2, 0) is 6.54 Å². The number of amides is 1. The quantitative estimate of drug-likeness (QED) is 0.815. The fraction of sp³-hybridized carbons (Fsp3) is 0.267. The monoisotopic (exact) mass is 307 g/mol. The molecule has 0 aliphatic carbocycles. The molecule has 0 unspecified atom stereocenters. The number of aryl methyl sites for hydroxylation is 1. The number of carbonyl (C=O) groups is 1. The second kappa shape index (κ2) is 6.63. The molecule has 2 rings (SSSR count). The second-order valence-corrected chi connectivity index (χ2v) is 4.94. The number of aromatic nitrogens is 2. The van der Waals surface area contributed by atoms with Crippen LogP contribution in [0, 0.1) is 12.7 Å². The van der Waals surface area contributed by atoms with Crippen molar-refractivity contribution in [3.05, 3.63) is 58.4 Å². The minimum atomic E-state index is -0.590. The molecule has 4 nitrogen and oxygen atoms in total. The highest BCUT2D eigenvalue weighted by atomic mass is 35.5. The van der Waals surface area contributed by atoms with Crippen molar-refractivity contribution in [3.63, 3.8) is 0 Å². The van der Waals surface area contributed by atoms with E-state index in [0.29, 0.717) is 13.1 Å². The molecular weight excluding hydrogens is 293 g/mol. The van der Waals surface area contributed by atoms with Gasteiger partial charge in [-0.3, -0.25) is 9.78 Å². The Labute approximate surface area is 127 Å². The summed E-state index contributed by atoms with van der Waals surface area (Å²) in [6.45, 7) is 4.52. The molecule has 2 aromatic heterocycles. The van der Waals surface area contributed by atoms with E-state index in [9.17, 15) is 9.18 Å². The van der Waals surface area contributed by atoms with Crippen LogP contribution in [0.25, 0.3) is 0 Å². The van der Waals surface area contributed by atoms with Gasteiger partial charge in [0.15, 0.2) is 0 Å². The van der Waals surface area contributed by atoms with Crippen LogP contribution in [-0.4, -0.2) is 27.3 Å². The Kier molecular flexibility index (Phi) is 4.85. The largest absolute Gasteiger partial charge is 0.333 e. The average Bonchev–Trinajstić information content (AvgIpc) is 2.46. The van der Waals surface area contributed by atoms with E-state index in [1.54, 1.807) is 4.90 Å². The Morgan fingerprint density at radius 1 is 1.43 bits per heavy atom. The van der Waals surface area contributed by atoms with Gasteiger partial charge in [0, 0.05) is 12.2 Å². The highest BCUT2D eigenvalue weighted by Gasteiger charge is 2.19. The highest BCUT2D eigenvalue weighted by Crippen LogP contribution is 2.17. The Morgan fingerprint density at radius 3 is 2.86 bits per heavy atom. The first-order valence-corrected chi connectivity index (χ1v) is 6.92. The van der Waals surface area contributed by atoms with E-state index in [2.05, 4.69) is 9.97 Å². The number of pyridine rings is 2. The van der Waals surface area contributed by atoms with E-state index >= 15 is 0 Å². The Balaban J connectivity index is 2.24. The van der Waals surface area contributed by atoms with Crippen LogP contribution in [0.4, 0.5) is 4.39 Å². The number of hydrogen-bond acceptors (Lipinski definition) is 3. The molecule has 6 heteroatoms. The molecule has 0 radical (unpaired) electrons. The lowest BCUT2D eigenvalue weighted by atomic mass is 10.2. The molecule has 0 saturated heterocycles. The van der Waals surface area contributed by atoms with Crippen molar-refractivity contribution in [1.82, 2.24) is 14.9 Å². The normalized spacial score (nSPS) is 10.5. The van der Waals surface area contributed by atoms with E-state index in [1.165, 1.54) is 0 Å². The van der Waals surface area contributed by atoms with Crippen molar-refractivity contribution in [3.8, 4) is 0 Å². The lowest BCUT2D eigenvalue weighted by Gasteiger charge is -2.21. The summed E-state index contributed by atoms with van der Waals surface area (Å²) in [5.41, 5.74) is 1.71. The molecule has 0 aromatic carbocycles. The summed E-state index contributed by atoms with van der Waals surface area (Å²) in [6, 6.07) is 6.71. The van der Waals surface area contributed by atoms with Gasteiger partial charge in [-0.1, -0.05) is 17.7 Å². The summed E-state index contributed by atoms with van der Waals surface area (Å²) in [5.74, 6) is -0.953. The number of hydrogen-bond donors (Lipinski definition) is 0. The molecule has 21 heavy (non-hydrogen) atoms. The maximum atomic E-state index is 13.3. The standard InChI is InChI=1S/C15H15ClFN3O/c1-3-20(9-12-6-4-5-10(2)19-12)15(21)13-7-11(17)8-18-14(13)16/h4-8H,3,9H2,1-2H3. The van der Waals surface area contributed by atoms with Crippen LogP contribution in [0.1, 0.15) is 28.7 Å². The summed E-state index contributed by atoms with van der Waals surface area (Å²) in [4.78, 5) is 22.0. The lowest BCUT2D eigenvalue weighted by Crippen LogP contribution is -2.31. The lowest BCUT2D eigenvalue weighted by molar-refractivity contribution is 0.0749. The summed E-state index contributed by atoms with van der Waals surface area (Å²) < 4.78 is 13.3. The van der Waals surface area contributed by atoms with Gasteiger partial charge in [-0.15, -0.1) is 0 Å². The minimum absolute atomic E-state index is 0.00273. The van der Waals surface area contributed by atoms with Crippen molar-refractivity contribution in [2.75, 3.05) is 6.54 Å². The highest BCUT2D eigenvalue weighted by molar-refractivity contribution is 6.32. The second-order valence-electron chi connectivity index (χ2n) is 4.58. The number of halogens is 2. The minimum Gasteiger partial charge on any atom is -0.333 e. The zero-order valence-corrected chi connectivity index (χ0v) is 12.6. The molecule has 0 aliphatic rings. The first-order valence-electron chi connectivity index (χ1n) is 6.54. The van der Waals surface area contributed by atoms with Crippen LogP contribution in [0.15, 0.2) is 30.5 Å². The SMILES string of the molecule is CCN(Cc1cccc(C)n1)C(=O)c1cc(F)cnc1Cl. The maximum absolute atomic E-state index is 13.3. The summed E-state index contributed by atoms with van der Waals surface area (Å²) in [6.07, 6.45) is 0.984. The molecule has 0 bridgehead atoms. The van der Waals surface area contributed by atoms with E-state index in [-0.39, 0.29) is 16.6 Å². The third kappa shape index (κ3) is 3.76. The van der Waals surface area contributed by atoms with Crippen LogP contribution in [0.5, 0.6) is 0 Å². The Morgan fingerprint density at radius 2 is 2.19 bits per heavy atom. The molecule has 0 atom stereocenters. The Bertz CT molecular complexity index is 663. The zero-order chi connectivity index (χ0) is 15.4. The molecule has 1 amide bonds. The van der Waals surface area contributed by atoms with Crippen LogP contribution in [0.2, 0.25) is 5.15 Å². The molecule has 110 valence electrons. The van der Waals surface area contributed by atoms with Gasteiger partial charge in [-0.2, -0.15) is 0 Å². The third-order valence-corrected chi connectivity index (χ3v) is 3.31. The third-order valence-electron chi connectivity index (χ3n) is 3.00. The van der Waals surface area contributed by atoms with Gasteiger partial charge >= 0.3 is 0 Å². The van der Waals surface area contributed by atoms with Gasteiger partial charge in [0.25, 0.3) is 5.91 Å². The number of rotatable bonds is 4. The fourth-order valence-electron chi connectivity index (χ4n) is 1.95. The zero-order valence-electron chi connectivity index (χ0n) is 11.8. The van der Waals surface area contributed by atoms with E-state index in [1.807, 2.05) is 32.0 Å². The van der Waals surface area contributed by atoms with Gasteiger partial charge < -0.3 is 4.90 Å². The van der Waals surface area contributed by atoms with Crippen LogP contribution >= 0.6 is 11.6 Å². The van der Waals surface area contributed by atoms with Crippen LogP contribution in [0.3, 0.4) is 0 Å². The maximum Gasteiger partial charge on any atom is 0.257 e. The summed E-state index contributed by atoms with van der Waals surface area (Å²) >= 11 is 5.88. The van der Waals surface area contributed by atoms with Gasteiger partial charge in [0.05, 0.1) is 24.0 Å². The van der Waals surface area contributed by atoms with E-state index in [0.717, 1.165) is 23.7 Å². The molecule has 0 saturated carbocycles. The average molecular weight is 308 g/mol. The van der Waals surface area contributed by atoms with Gasteiger partial charge in [-0.25, -0.2) is 9.37 Å². The molecule has 0 spiro atoms. The first kappa shape index (κ1) is 15.4. The molecule has 2 heterocycles. The number of nitrogens with zero attached hydrogens (tertiary/aromatic N) is 3. The van der Waals surface area contributed by atoms with Crippen molar-refractivity contribution in [2.45, 2.75) is 20.4 Å². The van der Waals surface area contributed by atoms with Crippen molar-refractivity contribution in [1.29, 1.82) is 0 Å². The summed E-state index contributed by atoms with van der Waals surface area (Å²) in [7, 11) is 0. The predicted molar refractivity (Wildman–Crippen MR) is 78.6 cm³/mol. The molecule has 0 fully saturated rings. The molecular formula is C15H15ClFN3O. The van der Waals surface area contributed by atoms with Crippen LogP contribution < -0.4 is 0 Å². The van der Waals surface area contributed by atoms with Crippen molar-refractivity contribution >= 4 is 17.5 Å². The molecule has 2 aromatic rings. The van der Waals surface area contributed by atoms with E-state index < -0.39 is 5.82 Å². The molecule has 0 N–H and O–H groups in total. The van der Waals surface area contributed by atoms with Gasteiger partial charge in [0.2, 0.25) is 0 Å². The van der Waals surface area contributed by atoms with Crippen molar-refractivity contribution in [2.24, 2.45) is 0 Å². The first-order chi connectivity index (χ1) is 10.0. The molecule has 0 aliphatic heterocycles.